The number of carbonyl (C=O) groups excluding carboxylic acids is 1. The molecule has 2 aromatic heterocycles. The van der Waals surface area contributed by atoms with Gasteiger partial charge in [-0.25, -0.2) is 0 Å². The zero-order valence-corrected chi connectivity index (χ0v) is 14.4. The fraction of sp³-hybridized carbons (Fsp3) is 0.176. The number of furan rings is 1. The molecule has 6 nitrogen and oxygen atoms in total. The largest absolute Gasteiger partial charge is 0.458 e. The zero-order valence-electron chi connectivity index (χ0n) is 12.9. The molecule has 0 bridgehead atoms. The van der Waals surface area contributed by atoms with Gasteiger partial charge >= 0.3 is 0 Å². The molecule has 1 amide bonds. The topological polar surface area (TPSA) is 80.2 Å². The van der Waals surface area contributed by atoms with E-state index in [0.29, 0.717) is 47.0 Å². The minimum Gasteiger partial charge on any atom is -0.458 e. The lowest BCUT2D eigenvalue weighted by molar-refractivity contribution is 0.0988. The van der Waals surface area contributed by atoms with Crippen LogP contribution in [0.2, 0.25) is 10.0 Å². The Kier molecular flexibility index (Phi) is 4.25. The maximum Gasteiger partial charge on any atom is 0.292 e. The molecular weight excluding hydrogens is 365 g/mol. The van der Waals surface area contributed by atoms with Crippen molar-refractivity contribution in [2.75, 3.05) is 11.9 Å². The van der Waals surface area contributed by atoms with Crippen LogP contribution in [0.3, 0.4) is 0 Å². The van der Waals surface area contributed by atoms with Crippen molar-refractivity contribution in [1.82, 2.24) is 10.2 Å². The molecule has 0 spiro atoms. The van der Waals surface area contributed by atoms with Crippen LogP contribution >= 0.6 is 23.2 Å². The number of nitrogens with one attached hydrogen (secondary N) is 2. The first-order chi connectivity index (χ1) is 12.1. The van der Waals surface area contributed by atoms with E-state index in [2.05, 4.69) is 15.5 Å². The second-order valence-corrected chi connectivity index (χ2v) is 6.52. The molecule has 0 radical (unpaired) electrons. The van der Waals surface area contributed by atoms with Crippen molar-refractivity contribution in [2.45, 2.75) is 13.0 Å². The Bertz CT molecular complexity index is 928. The highest BCUT2D eigenvalue weighted by atomic mass is 35.5. The van der Waals surface area contributed by atoms with Crippen molar-refractivity contribution in [1.29, 1.82) is 0 Å². The third-order valence-corrected chi connectivity index (χ3v) is 4.37. The summed E-state index contributed by atoms with van der Waals surface area (Å²) in [5.74, 6) is 0.340. The minimum absolute atomic E-state index is 0.300. The Hall–Kier alpha value is -2.28. The molecule has 1 aromatic carbocycles. The predicted molar refractivity (Wildman–Crippen MR) is 94.1 cm³/mol. The van der Waals surface area contributed by atoms with Crippen LogP contribution in [-0.4, -0.2) is 22.7 Å². The molecule has 0 fully saturated rings. The van der Waals surface area contributed by atoms with E-state index in [0.717, 1.165) is 16.7 Å². The Morgan fingerprint density at radius 3 is 2.80 bits per heavy atom. The maximum absolute atomic E-state index is 12.5. The minimum atomic E-state index is -0.342. The second kappa shape index (κ2) is 6.55. The number of nitrogens with zero attached hydrogens (tertiary/aromatic N) is 1. The molecule has 128 valence electrons. The Labute approximate surface area is 153 Å². The fourth-order valence-electron chi connectivity index (χ4n) is 2.78. The van der Waals surface area contributed by atoms with E-state index in [-0.39, 0.29) is 5.91 Å². The van der Waals surface area contributed by atoms with E-state index in [1.54, 1.807) is 30.5 Å². The van der Waals surface area contributed by atoms with Gasteiger partial charge in [0.1, 0.15) is 0 Å². The summed E-state index contributed by atoms with van der Waals surface area (Å²) in [6.45, 7) is 1.04. The Balaban J connectivity index is 1.55. The number of amides is 1. The molecule has 25 heavy (non-hydrogen) atoms. The molecule has 0 saturated heterocycles. The summed E-state index contributed by atoms with van der Waals surface area (Å²) in [7, 11) is 0. The lowest BCUT2D eigenvalue weighted by Gasteiger charge is -2.11. The van der Waals surface area contributed by atoms with E-state index in [4.69, 9.17) is 32.4 Å². The van der Waals surface area contributed by atoms with Gasteiger partial charge in [0, 0.05) is 39.2 Å². The van der Waals surface area contributed by atoms with Crippen LogP contribution in [0.25, 0.3) is 11.3 Å². The standard InChI is InChI=1S/C17H13Cl2N3O3/c18-11-3-9(4-12(19)5-11)14-6-15(22-21-14)20-17(23)16-13-1-2-24-7-10(13)8-25-16/h3-6,8H,1-2,7H2,(H2,20,21,22,23). The summed E-state index contributed by atoms with van der Waals surface area (Å²) in [4.78, 5) is 12.5. The number of aromatic nitrogens is 2. The Morgan fingerprint density at radius 1 is 1.20 bits per heavy atom. The van der Waals surface area contributed by atoms with Crippen molar-refractivity contribution in [3.8, 4) is 11.3 Å². The molecule has 4 rings (SSSR count). The van der Waals surface area contributed by atoms with Gasteiger partial charge in [0.05, 0.1) is 25.2 Å². The molecule has 2 N–H and O–H groups in total. The van der Waals surface area contributed by atoms with Crippen LogP contribution in [0, 0.1) is 0 Å². The summed E-state index contributed by atoms with van der Waals surface area (Å²) in [5.41, 5.74) is 3.27. The van der Waals surface area contributed by atoms with Crippen LogP contribution < -0.4 is 5.32 Å². The number of hydrogen-bond donors (Lipinski definition) is 2. The molecule has 3 heterocycles. The molecule has 0 atom stereocenters. The first-order valence-corrected chi connectivity index (χ1v) is 8.36. The van der Waals surface area contributed by atoms with Gasteiger partial charge in [0.15, 0.2) is 11.6 Å². The summed E-state index contributed by atoms with van der Waals surface area (Å²) in [6, 6.07) is 6.87. The summed E-state index contributed by atoms with van der Waals surface area (Å²) in [6.07, 6.45) is 2.22. The number of anilines is 1. The van der Waals surface area contributed by atoms with Gasteiger partial charge in [0.25, 0.3) is 5.91 Å². The third kappa shape index (κ3) is 3.28. The van der Waals surface area contributed by atoms with Gasteiger partial charge in [-0.2, -0.15) is 5.10 Å². The number of fused-ring (bicyclic) bond motifs is 1. The number of H-pyrrole nitrogens is 1. The van der Waals surface area contributed by atoms with Crippen LogP contribution in [0.1, 0.15) is 21.7 Å². The molecule has 3 aromatic rings. The third-order valence-electron chi connectivity index (χ3n) is 3.93. The van der Waals surface area contributed by atoms with Crippen LogP contribution in [0.4, 0.5) is 5.82 Å². The van der Waals surface area contributed by atoms with Crippen molar-refractivity contribution in [3.63, 3.8) is 0 Å². The number of benzene rings is 1. The number of halogens is 2. The second-order valence-electron chi connectivity index (χ2n) is 5.65. The first kappa shape index (κ1) is 16.2. The molecule has 0 unspecified atom stereocenters. The molecular formula is C17H13Cl2N3O3. The highest BCUT2D eigenvalue weighted by Gasteiger charge is 2.23. The molecule has 1 aliphatic heterocycles. The SMILES string of the molecule is O=C(Nc1cc(-c2cc(Cl)cc(Cl)c2)[nH]n1)c1occ2c1CCOC2. The average molecular weight is 378 g/mol. The number of ether oxygens (including phenoxy) is 1. The van der Waals surface area contributed by atoms with Gasteiger partial charge in [-0.05, 0) is 18.2 Å². The number of carbonyl (C=O) groups is 1. The smallest absolute Gasteiger partial charge is 0.292 e. The molecule has 8 heteroatoms. The normalized spacial score (nSPS) is 13.5. The van der Waals surface area contributed by atoms with Crippen molar-refractivity contribution >= 4 is 34.9 Å². The number of rotatable bonds is 3. The lowest BCUT2D eigenvalue weighted by Crippen LogP contribution is -2.16. The van der Waals surface area contributed by atoms with E-state index < -0.39 is 0 Å². The van der Waals surface area contributed by atoms with Crippen molar-refractivity contribution < 1.29 is 13.9 Å². The quantitative estimate of drug-likeness (QED) is 0.712. The van der Waals surface area contributed by atoms with Gasteiger partial charge in [-0.15, -0.1) is 0 Å². The van der Waals surface area contributed by atoms with Gasteiger partial charge in [0.2, 0.25) is 0 Å². The molecule has 0 saturated carbocycles. The van der Waals surface area contributed by atoms with Gasteiger partial charge in [-0.3, -0.25) is 9.89 Å². The highest BCUT2D eigenvalue weighted by Crippen LogP contribution is 2.28. The zero-order chi connectivity index (χ0) is 17.4. The van der Waals surface area contributed by atoms with Crippen molar-refractivity contribution in [3.05, 3.63) is 57.5 Å². The van der Waals surface area contributed by atoms with E-state index in [1.807, 2.05) is 0 Å². The monoisotopic (exact) mass is 377 g/mol. The predicted octanol–water partition coefficient (Wildman–Crippen LogP) is 4.30. The molecule has 1 aliphatic rings. The number of aromatic amines is 1. The number of hydrogen-bond acceptors (Lipinski definition) is 4. The van der Waals surface area contributed by atoms with Gasteiger partial charge in [-0.1, -0.05) is 23.2 Å². The van der Waals surface area contributed by atoms with E-state index in [9.17, 15) is 4.79 Å². The van der Waals surface area contributed by atoms with Crippen LogP contribution in [0.5, 0.6) is 0 Å². The summed E-state index contributed by atoms with van der Waals surface area (Å²) in [5, 5.41) is 10.7. The van der Waals surface area contributed by atoms with E-state index >= 15 is 0 Å². The summed E-state index contributed by atoms with van der Waals surface area (Å²) >= 11 is 12.0. The van der Waals surface area contributed by atoms with Crippen molar-refractivity contribution in [2.24, 2.45) is 0 Å². The summed E-state index contributed by atoms with van der Waals surface area (Å²) < 4.78 is 10.8. The van der Waals surface area contributed by atoms with Crippen LogP contribution in [0.15, 0.2) is 34.9 Å². The van der Waals surface area contributed by atoms with Crippen LogP contribution in [-0.2, 0) is 17.8 Å². The van der Waals surface area contributed by atoms with E-state index in [1.165, 1.54) is 0 Å². The fourth-order valence-corrected chi connectivity index (χ4v) is 3.30. The highest BCUT2D eigenvalue weighted by molar-refractivity contribution is 6.35. The lowest BCUT2D eigenvalue weighted by atomic mass is 10.1. The Morgan fingerprint density at radius 2 is 2.00 bits per heavy atom. The molecule has 0 aliphatic carbocycles. The maximum atomic E-state index is 12.5. The average Bonchev–Trinajstić information content (AvgIpc) is 3.20. The van der Waals surface area contributed by atoms with Gasteiger partial charge < -0.3 is 14.5 Å². The first-order valence-electron chi connectivity index (χ1n) is 7.60.